The summed E-state index contributed by atoms with van der Waals surface area (Å²) in [5.74, 6) is -0.185. The maximum Gasteiger partial charge on any atom is 0.125 e. The highest BCUT2D eigenvalue weighted by molar-refractivity contribution is 7.12. The second kappa shape index (κ2) is 5.94. The number of hydrogen-bond donors (Lipinski definition) is 1. The van der Waals surface area contributed by atoms with Gasteiger partial charge in [-0.3, -0.25) is 0 Å². The summed E-state index contributed by atoms with van der Waals surface area (Å²) >= 11 is 1.83. The molecule has 1 N–H and O–H groups in total. The van der Waals surface area contributed by atoms with Crippen LogP contribution in [0, 0.1) is 5.82 Å². The van der Waals surface area contributed by atoms with Gasteiger partial charge in [0.05, 0.1) is 6.54 Å². The quantitative estimate of drug-likeness (QED) is 0.871. The van der Waals surface area contributed by atoms with E-state index >= 15 is 0 Å². The molecule has 20 heavy (non-hydrogen) atoms. The highest BCUT2D eigenvalue weighted by Crippen LogP contribution is 2.23. The topological polar surface area (TPSA) is 15.3 Å². The Kier molecular flexibility index (Phi) is 4.03. The standard InChI is InChI=1S/C16H19FN2S/c1-19(14-4-2-3-12(17)9-14)11-16-8-7-15(20-16)10-18-13-5-6-13/h2-4,7-9,13,18H,5-6,10-11H2,1H3. The van der Waals surface area contributed by atoms with Crippen LogP contribution in [0.3, 0.4) is 0 Å². The van der Waals surface area contributed by atoms with Crippen LogP contribution in [0.15, 0.2) is 36.4 Å². The van der Waals surface area contributed by atoms with E-state index < -0.39 is 0 Å². The lowest BCUT2D eigenvalue weighted by Crippen LogP contribution is -2.15. The largest absolute Gasteiger partial charge is 0.369 e. The molecule has 1 heterocycles. The average molecular weight is 290 g/mol. The first-order chi connectivity index (χ1) is 9.70. The van der Waals surface area contributed by atoms with Gasteiger partial charge in [-0.1, -0.05) is 6.07 Å². The molecule has 0 bridgehead atoms. The monoisotopic (exact) mass is 290 g/mol. The highest BCUT2D eigenvalue weighted by Gasteiger charge is 2.20. The molecule has 1 aromatic carbocycles. The first kappa shape index (κ1) is 13.6. The second-order valence-corrected chi connectivity index (χ2v) is 6.61. The summed E-state index contributed by atoms with van der Waals surface area (Å²) in [5, 5.41) is 3.53. The Bertz CT molecular complexity index is 577. The molecule has 0 spiro atoms. The third kappa shape index (κ3) is 3.58. The van der Waals surface area contributed by atoms with Gasteiger partial charge in [0.15, 0.2) is 0 Å². The van der Waals surface area contributed by atoms with Gasteiger partial charge in [0.25, 0.3) is 0 Å². The zero-order valence-corrected chi connectivity index (χ0v) is 12.4. The third-order valence-electron chi connectivity index (χ3n) is 3.50. The van der Waals surface area contributed by atoms with Gasteiger partial charge < -0.3 is 10.2 Å². The number of halogens is 1. The van der Waals surface area contributed by atoms with E-state index in [-0.39, 0.29) is 5.82 Å². The van der Waals surface area contributed by atoms with Crippen molar-refractivity contribution >= 4 is 17.0 Å². The van der Waals surface area contributed by atoms with E-state index in [1.165, 1.54) is 28.7 Å². The number of rotatable bonds is 6. The number of anilines is 1. The lowest BCUT2D eigenvalue weighted by Gasteiger charge is -2.18. The van der Waals surface area contributed by atoms with Crippen molar-refractivity contribution in [3.8, 4) is 0 Å². The van der Waals surface area contributed by atoms with Gasteiger partial charge in [-0.25, -0.2) is 4.39 Å². The van der Waals surface area contributed by atoms with Crippen LogP contribution < -0.4 is 10.2 Å². The number of hydrogen-bond acceptors (Lipinski definition) is 3. The minimum absolute atomic E-state index is 0.185. The summed E-state index contributed by atoms with van der Waals surface area (Å²) in [6.07, 6.45) is 2.64. The van der Waals surface area contributed by atoms with E-state index in [4.69, 9.17) is 0 Å². The highest BCUT2D eigenvalue weighted by atomic mass is 32.1. The van der Waals surface area contributed by atoms with E-state index in [1.807, 2.05) is 24.5 Å². The Labute approximate surface area is 123 Å². The number of benzene rings is 1. The molecule has 3 rings (SSSR count). The fourth-order valence-corrected chi connectivity index (χ4v) is 3.20. The van der Waals surface area contributed by atoms with E-state index in [0.717, 1.165) is 24.8 Å². The minimum atomic E-state index is -0.185. The van der Waals surface area contributed by atoms with Crippen molar-refractivity contribution in [2.24, 2.45) is 0 Å². The maximum absolute atomic E-state index is 13.2. The molecule has 1 saturated carbocycles. The molecule has 1 aliphatic carbocycles. The molecule has 106 valence electrons. The van der Waals surface area contributed by atoms with E-state index in [9.17, 15) is 4.39 Å². The van der Waals surface area contributed by atoms with Crippen molar-refractivity contribution in [2.45, 2.75) is 32.0 Å². The fourth-order valence-electron chi connectivity index (χ4n) is 2.17. The zero-order valence-electron chi connectivity index (χ0n) is 11.6. The van der Waals surface area contributed by atoms with Crippen LogP contribution in [-0.4, -0.2) is 13.1 Å². The van der Waals surface area contributed by atoms with E-state index in [2.05, 4.69) is 22.3 Å². The van der Waals surface area contributed by atoms with Crippen molar-refractivity contribution in [1.82, 2.24) is 5.32 Å². The molecular weight excluding hydrogens is 271 g/mol. The molecule has 0 atom stereocenters. The molecule has 0 amide bonds. The summed E-state index contributed by atoms with van der Waals surface area (Å²) in [6.45, 7) is 1.79. The number of nitrogens with one attached hydrogen (secondary N) is 1. The maximum atomic E-state index is 13.2. The summed E-state index contributed by atoms with van der Waals surface area (Å²) in [5.41, 5.74) is 0.913. The predicted octanol–water partition coefficient (Wildman–Crippen LogP) is 3.78. The zero-order chi connectivity index (χ0) is 13.9. The van der Waals surface area contributed by atoms with Gasteiger partial charge in [0.1, 0.15) is 5.82 Å². The Balaban J connectivity index is 1.59. The van der Waals surface area contributed by atoms with Crippen LogP contribution in [0.1, 0.15) is 22.6 Å². The average Bonchev–Trinajstić information content (AvgIpc) is 3.16. The molecule has 2 aromatic rings. The lowest BCUT2D eigenvalue weighted by atomic mass is 10.3. The lowest BCUT2D eigenvalue weighted by molar-refractivity contribution is 0.627. The first-order valence-electron chi connectivity index (χ1n) is 6.98. The van der Waals surface area contributed by atoms with E-state index in [1.54, 1.807) is 12.1 Å². The SMILES string of the molecule is CN(Cc1ccc(CNC2CC2)s1)c1cccc(F)c1. The molecule has 1 aromatic heterocycles. The molecule has 0 radical (unpaired) electrons. The van der Waals surface area contributed by atoms with Crippen molar-refractivity contribution in [1.29, 1.82) is 0 Å². The molecule has 1 fully saturated rings. The molecule has 4 heteroatoms. The first-order valence-corrected chi connectivity index (χ1v) is 7.80. The van der Waals surface area contributed by atoms with Crippen LogP contribution in [-0.2, 0) is 13.1 Å². The summed E-state index contributed by atoms with van der Waals surface area (Å²) < 4.78 is 13.2. The Morgan fingerprint density at radius 3 is 2.80 bits per heavy atom. The van der Waals surface area contributed by atoms with Gasteiger partial charge in [0.2, 0.25) is 0 Å². The second-order valence-electron chi connectivity index (χ2n) is 5.36. The van der Waals surface area contributed by atoms with Gasteiger partial charge in [-0.2, -0.15) is 0 Å². The van der Waals surface area contributed by atoms with E-state index in [0.29, 0.717) is 0 Å². The van der Waals surface area contributed by atoms with Gasteiger partial charge >= 0.3 is 0 Å². The Morgan fingerprint density at radius 2 is 2.05 bits per heavy atom. The van der Waals surface area contributed by atoms with Crippen molar-refractivity contribution < 1.29 is 4.39 Å². The fraction of sp³-hybridized carbons (Fsp3) is 0.375. The van der Waals surface area contributed by atoms with Crippen molar-refractivity contribution in [3.05, 3.63) is 52.0 Å². The van der Waals surface area contributed by atoms with Crippen LogP contribution >= 0.6 is 11.3 Å². The van der Waals surface area contributed by atoms with Crippen molar-refractivity contribution in [2.75, 3.05) is 11.9 Å². The van der Waals surface area contributed by atoms with Gasteiger partial charge in [0, 0.05) is 35.1 Å². The third-order valence-corrected chi connectivity index (χ3v) is 4.57. The minimum Gasteiger partial charge on any atom is -0.369 e. The smallest absolute Gasteiger partial charge is 0.125 e. The van der Waals surface area contributed by atoms with Gasteiger partial charge in [-0.15, -0.1) is 11.3 Å². The Hall–Kier alpha value is -1.39. The Morgan fingerprint density at radius 1 is 1.25 bits per heavy atom. The van der Waals surface area contributed by atoms with Crippen LogP contribution in [0.5, 0.6) is 0 Å². The molecule has 0 unspecified atom stereocenters. The summed E-state index contributed by atoms with van der Waals surface area (Å²) in [6, 6.07) is 11.8. The van der Waals surface area contributed by atoms with Crippen LogP contribution in [0.4, 0.5) is 10.1 Å². The van der Waals surface area contributed by atoms with Crippen molar-refractivity contribution in [3.63, 3.8) is 0 Å². The molecular formula is C16H19FN2S. The normalized spacial score (nSPS) is 14.5. The number of nitrogens with zero attached hydrogens (tertiary/aromatic N) is 1. The van der Waals surface area contributed by atoms with Crippen LogP contribution in [0.25, 0.3) is 0 Å². The molecule has 1 aliphatic rings. The predicted molar refractivity (Wildman–Crippen MR) is 82.7 cm³/mol. The molecule has 0 aliphatic heterocycles. The van der Waals surface area contributed by atoms with Gasteiger partial charge in [-0.05, 0) is 43.2 Å². The summed E-state index contributed by atoms with van der Waals surface area (Å²) in [4.78, 5) is 4.76. The number of thiophene rings is 1. The molecule has 0 saturated heterocycles. The summed E-state index contributed by atoms with van der Waals surface area (Å²) in [7, 11) is 2.00. The molecule has 2 nitrogen and oxygen atoms in total. The van der Waals surface area contributed by atoms with Crippen LogP contribution in [0.2, 0.25) is 0 Å².